The van der Waals surface area contributed by atoms with Gasteiger partial charge in [0.2, 0.25) is 0 Å². The van der Waals surface area contributed by atoms with Crippen LogP contribution in [0.25, 0.3) is 0 Å². The molecule has 0 aliphatic carbocycles. The van der Waals surface area contributed by atoms with Gasteiger partial charge in [0.25, 0.3) is 0 Å². The summed E-state index contributed by atoms with van der Waals surface area (Å²) in [5.74, 6) is 0.580. The van der Waals surface area contributed by atoms with Gasteiger partial charge >= 0.3 is 0 Å². The summed E-state index contributed by atoms with van der Waals surface area (Å²) in [5, 5.41) is 0. The zero-order chi connectivity index (χ0) is 10.4. The first-order valence-electron chi connectivity index (χ1n) is 5.29. The maximum absolute atomic E-state index is 5.58. The van der Waals surface area contributed by atoms with E-state index in [9.17, 15) is 0 Å². The Balaban J connectivity index is 2.22. The molecular formula is C10H22N2O2. The summed E-state index contributed by atoms with van der Waals surface area (Å²) >= 11 is 0. The lowest BCUT2D eigenvalue weighted by Crippen LogP contribution is -2.47. The Labute approximate surface area is 86.3 Å². The molecule has 0 aromatic rings. The molecule has 1 heterocycles. The highest BCUT2D eigenvalue weighted by Gasteiger charge is 2.20. The van der Waals surface area contributed by atoms with Gasteiger partial charge in [-0.1, -0.05) is 6.92 Å². The molecule has 1 aliphatic heterocycles. The maximum Gasteiger partial charge on any atom is 0.0824 e. The molecule has 4 heteroatoms. The smallest absolute Gasteiger partial charge is 0.0824 e. The van der Waals surface area contributed by atoms with Gasteiger partial charge in [0.05, 0.1) is 12.7 Å². The van der Waals surface area contributed by atoms with E-state index in [1.54, 1.807) is 7.11 Å². The fourth-order valence-corrected chi connectivity index (χ4v) is 1.87. The van der Waals surface area contributed by atoms with Crippen molar-refractivity contribution >= 4 is 0 Å². The van der Waals surface area contributed by atoms with Crippen LogP contribution in [0.2, 0.25) is 0 Å². The van der Waals surface area contributed by atoms with Crippen LogP contribution in [0.3, 0.4) is 0 Å². The zero-order valence-corrected chi connectivity index (χ0v) is 9.24. The Kier molecular flexibility index (Phi) is 5.40. The Morgan fingerprint density at radius 2 is 2.43 bits per heavy atom. The highest BCUT2D eigenvalue weighted by molar-refractivity contribution is 4.73. The second kappa shape index (κ2) is 6.35. The van der Waals surface area contributed by atoms with E-state index in [4.69, 9.17) is 15.2 Å². The minimum absolute atomic E-state index is 0.221. The van der Waals surface area contributed by atoms with E-state index in [1.807, 2.05) is 0 Å². The van der Waals surface area contributed by atoms with Crippen molar-refractivity contribution in [3.8, 4) is 0 Å². The second-order valence-corrected chi connectivity index (χ2v) is 4.05. The summed E-state index contributed by atoms with van der Waals surface area (Å²) in [5.41, 5.74) is 5.58. The Morgan fingerprint density at radius 1 is 1.64 bits per heavy atom. The van der Waals surface area contributed by atoms with Crippen LogP contribution >= 0.6 is 0 Å². The van der Waals surface area contributed by atoms with Crippen molar-refractivity contribution in [3.63, 3.8) is 0 Å². The number of rotatable bonds is 5. The molecule has 1 rings (SSSR count). The molecule has 0 radical (unpaired) electrons. The van der Waals surface area contributed by atoms with Gasteiger partial charge in [-0.05, 0) is 5.92 Å². The third kappa shape index (κ3) is 3.92. The molecule has 1 aliphatic rings. The first-order chi connectivity index (χ1) is 6.76. The molecule has 0 bridgehead atoms. The molecule has 14 heavy (non-hydrogen) atoms. The normalized spacial score (nSPS) is 26.4. The fourth-order valence-electron chi connectivity index (χ4n) is 1.87. The van der Waals surface area contributed by atoms with E-state index in [-0.39, 0.29) is 6.10 Å². The van der Waals surface area contributed by atoms with Gasteiger partial charge in [-0.15, -0.1) is 0 Å². The number of hydrogen-bond donors (Lipinski definition) is 1. The van der Waals surface area contributed by atoms with Gasteiger partial charge < -0.3 is 15.2 Å². The molecule has 1 fully saturated rings. The molecular weight excluding hydrogens is 180 g/mol. The van der Waals surface area contributed by atoms with E-state index in [0.29, 0.717) is 12.5 Å². The van der Waals surface area contributed by atoms with E-state index in [2.05, 4.69) is 11.8 Å². The second-order valence-electron chi connectivity index (χ2n) is 4.05. The summed E-state index contributed by atoms with van der Waals surface area (Å²) in [7, 11) is 1.75. The summed E-state index contributed by atoms with van der Waals surface area (Å²) in [6.07, 6.45) is 0.221. The molecule has 0 saturated carbocycles. The molecule has 0 aromatic carbocycles. The highest BCUT2D eigenvalue weighted by Crippen LogP contribution is 2.07. The lowest BCUT2D eigenvalue weighted by Gasteiger charge is -2.33. The van der Waals surface area contributed by atoms with Gasteiger partial charge in [0.1, 0.15) is 0 Å². The number of nitrogens with zero attached hydrogens (tertiary/aromatic N) is 1. The van der Waals surface area contributed by atoms with E-state index >= 15 is 0 Å². The highest BCUT2D eigenvalue weighted by atomic mass is 16.5. The van der Waals surface area contributed by atoms with Crippen molar-refractivity contribution < 1.29 is 9.47 Å². The molecule has 2 N–H and O–H groups in total. The fraction of sp³-hybridized carbons (Fsp3) is 1.00. The first kappa shape index (κ1) is 11.9. The quantitative estimate of drug-likeness (QED) is 0.678. The standard InChI is InChI=1S/C10H22N2O2/c1-9(8-13-2)6-12-3-4-14-10(5-11)7-12/h9-10H,3-8,11H2,1-2H3. The van der Waals surface area contributed by atoms with Crippen molar-refractivity contribution in [1.29, 1.82) is 0 Å². The minimum atomic E-state index is 0.221. The number of hydrogen-bond acceptors (Lipinski definition) is 4. The first-order valence-corrected chi connectivity index (χ1v) is 5.29. The number of methoxy groups -OCH3 is 1. The summed E-state index contributed by atoms with van der Waals surface area (Å²) in [6.45, 7) is 7.51. The van der Waals surface area contributed by atoms with Crippen molar-refractivity contribution in [3.05, 3.63) is 0 Å². The minimum Gasteiger partial charge on any atom is -0.384 e. The predicted molar refractivity (Wildman–Crippen MR) is 56.3 cm³/mol. The van der Waals surface area contributed by atoms with Crippen LogP contribution in [0.5, 0.6) is 0 Å². The van der Waals surface area contributed by atoms with Crippen LogP contribution in [0.15, 0.2) is 0 Å². The van der Waals surface area contributed by atoms with Gasteiger partial charge in [0, 0.05) is 39.9 Å². The monoisotopic (exact) mass is 202 g/mol. The van der Waals surface area contributed by atoms with Gasteiger partial charge in [-0.2, -0.15) is 0 Å². The SMILES string of the molecule is COCC(C)CN1CCOC(CN)C1. The number of nitrogens with two attached hydrogens (primary N) is 1. The topological polar surface area (TPSA) is 47.7 Å². The summed E-state index contributed by atoms with van der Waals surface area (Å²) in [6, 6.07) is 0. The molecule has 1 saturated heterocycles. The van der Waals surface area contributed by atoms with Crippen LogP contribution in [-0.2, 0) is 9.47 Å². The molecule has 0 amide bonds. The van der Waals surface area contributed by atoms with Gasteiger partial charge in [0.15, 0.2) is 0 Å². The summed E-state index contributed by atoms with van der Waals surface area (Å²) < 4.78 is 10.6. The lowest BCUT2D eigenvalue weighted by atomic mass is 10.1. The molecule has 0 aromatic heterocycles. The maximum atomic E-state index is 5.58. The predicted octanol–water partition coefficient (Wildman–Crippen LogP) is -0.0716. The van der Waals surface area contributed by atoms with Crippen LogP contribution in [0, 0.1) is 5.92 Å². The van der Waals surface area contributed by atoms with Crippen molar-refractivity contribution in [1.82, 2.24) is 4.90 Å². The lowest BCUT2D eigenvalue weighted by molar-refractivity contribution is -0.0302. The Morgan fingerprint density at radius 3 is 3.07 bits per heavy atom. The van der Waals surface area contributed by atoms with Crippen LogP contribution < -0.4 is 5.73 Å². The number of morpholine rings is 1. The van der Waals surface area contributed by atoms with Crippen molar-refractivity contribution in [2.45, 2.75) is 13.0 Å². The van der Waals surface area contributed by atoms with Gasteiger partial charge in [-0.3, -0.25) is 4.90 Å². The average molecular weight is 202 g/mol. The van der Waals surface area contributed by atoms with E-state index in [0.717, 1.165) is 32.8 Å². The Bertz CT molecular complexity index is 155. The van der Waals surface area contributed by atoms with E-state index < -0.39 is 0 Å². The van der Waals surface area contributed by atoms with Crippen LogP contribution in [0.4, 0.5) is 0 Å². The zero-order valence-electron chi connectivity index (χ0n) is 9.24. The molecule has 2 unspecified atom stereocenters. The molecule has 0 spiro atoms. The van der Waals surface area contributed by atoms with Crippen molar-refractivity contribution in [2.75, 3.05) is 46.5 Å². The summed E-state index contributed by atoms with van der Waals surface area (Å²) in [4.78, 5) is 2.41. The third-order valence-corrected chi connectivity index (χ3v) is 2.51. The largest absolute Gasteiger partial charge is 0.384 e. The van der Waals surface area contributed by atoms with E-state index in [1.165, 1.54) is 0 Å². The van der Waals surface area contributed by atoms with Crippen LogP contribution in [-0.4, -0.2) is 57.5 Å². The van der Waals surface area contributed by atoms with Gasteiger partial charge in [-0.25, -0.2) is 0 Å². The Hall–Kier alpha value is -0.160. The molecule has 4 nitrogen and oxygen atoms in total. The third-order valence-electron chi connectivity index (χ3n) is 2.51. The average Bonchev–Trinajstić information content (AvgIpc) is 2.18. The molecule has 2 atom stereocenters. The number of ether oxygens (including phenoxy) is 2. The van der Waals surface area contributed by atoms with Crippen molar-refractivity contribution in [2.24, 2.45) is 11.7 Å². The molecule has 84 valence electrons. The van der Waals surface area contributed by atoms with Crippen LogP contribution in [0.1, 0.15) is 6.92 Å².